The molecule has 0 saturated carbocycles. The van der Waals surface area contributed by atoms with E-state index in [1.54, 1.807) is 28.6 Å². The van der Waals surface area contributed by atoms with Gasteiger partial charge in [-0.15, -0.1) is 0 Å². The minimum Gasteiger partial charge on any atom is -0.376 e. The molecule has 2 aliphatic rings. The van der Waals surface area contributed by atoms with Crippen LogP contribution in [0.15, 0.2) is 35.4 Å². The van der Waals surface area contributed by atoms with Crippen LogP contribution in [0.3, 0.4) is 0 Å². The number of nitrogens with zero attached hydrogens (tertiary/aromatic N) is 4. The van der Waals surface area contributed by atoms with Crippen molar-refractivity contribution in [3.8, 4) is 0 Å². The number of rotatable bonds is 6. The lowest BCUT2D eigenvalue weighted by molar-refractivity contribution is -0.165. The van der Waals surface area contributed by atoms with Gasteiger partial charge in [0.15, 0.2) is 17.5 Å². The highest BCUT2D eigenvalue weighted by Gasteiger charge is 2.38. The number of pyridine rings is 1. The summed E-state index contributed by atoms with van der Waals surface area (Å²) in [7, 11) is -2.25. The second kappa shape index (κ2) is 9.41. The Hall–Kier alpha value is -2.67. The smallest absolute Gasteiger partial charge is 0.242 e. The van der Waals surface area contributed by atoms with Gasteiger partial charge in [0.25, 0.3) is 0 Å². The van der Waals surface area contributed by atoms with E-state index in [4.69, 9.17) is 9.47 Å². The summed E-state index contributed by atoms with van der Waals surface area (Å²) in [5.74, 6) is -0.481. The first-order chi connectivity index (χ1) is 16.8. The highest BCUT2D eigenvalue weighted by atomic mass is 32.2. The molecular formula is C23H27F2N5O4S. The van der Waals surface area contributed by atoms with E-state index < -0.39 is 21.7 Å². The molecule has 1 N–H and O–H groups in total. The Labute approximate surface area is 202 Å². The van der Waals surface area contributed by atoms with Gasteiger partial charge in [0, 0.05) is 39.3 Å². The topological polar surface area (TPSA) is 98.6 Å². The molecule has 0 atom stereocenters. The minimum absolute atomic E-state index is 0.0146. The highest BCUT2D eigenvalue weighted by molar-refractivity contribution is 7.89. The molecule has 5 rings (SSSR count). The number of halogens is 2. The monoisotopic (exact) mass is 507 g/mol. The third-order valence-corrected chi connectivity index (χ3v) is 8.11. The van der Waals surface area contributed by atoms with Crippen LogP contribution in [0.5, 0.6) is 0 Å². The molecule has 0 amide bonds. The summed E-state index contributed by atoms with van der Waals surface area (Å²) < 4.78 is 69.9. The van der Waals surface area contributed by atoms with E-state index in [1.165, 1.54) is 6.07 Å². The van der Waals surface area contributed by atoms with E-state index in [0.717, 1.165) is 12.3 Å². The number of imidazole rings is 1. The van der Waals surface area contributed by atoms with Gasteiger partial charge >= 0.3 is 0 Å². The molecule has 4 heterocycles. The summed E-state index contributed by atoms with van der Waals surface area (Å²) in [5, 5.41) is 0. The van der Waals surface area contributed by atoms with E-state index in [0.29, 0.717) is 57.1 Å². The van der Waals surface area contributed by atoms with E-state index in [-0.39, 0.29) is 34.8 Å². The maximum atomic E-state index is 14.9. The molecule has 2 aromatic heterocycles. The number of para-hydroxylation sites is 1. The maximum absolute atomic E-state index is 14.9. The lowest BCUT2D eigenvalue weighted by Crippen LogP contribution is -2.52. The summed E-state index contributed by atoms with van der Waals surface area (Å²) in [5.41, 5.74) is 0.528. The van der Waals surface area contributed by atoms with Crippen LogP contribution < -0.4 is 9.62 Å². The Morgan fingerprint density at radius 1 is 1.17 bits per heavy atom. The number of ether oxygens (including phenoxy) is 2. The average Bonchev–Trinajstić information content (AvgIpc) is 3.17. The van der Waals surface area contributed by atoms with E-state index in [2.05, 4.69) is 14.7 Å². The van der Waals surface area contributed by atoms with Crippen molar-refractivity contribution in [2.45, 2.75) is 29.8 Å². The van der Waals surface area contributed by atoms with Gasteiger partial charge in [0.1, 0.15) is 16.2 Å². The highest BCUT2D eigenvalue weighted by Crippen LogP contribution is 2.32. The number of aryl methyl sites for hydroxylation is 1. The van der Waals surface area contributed by atoms with Crippen LogP contribution in [0.4, 0.5) is 14.6 Å². The van der Waals surface area contributed by atoms with Crippen molar-refractivity contribution in [1.82, 2.24) is 19.3 Å². The molecule has 1 spiro atoms. The molecule has 1 aromatic carbocycles. The normalized spacial score (nSPS) is 18.4. The van der Waals surface area contributed by atoms with Gasteiger partial charge in [-0.05, 0) is 31.0 Å². The number of fused-ring (bicyclic) bond motifs is 1. The minimum atomic E-state index is -3.99. The summed E-state index contributed by atoms with van der Waals surface area (Å²) in [6, 6.07) is 5.65. The SMILES string of the molecule is Cn1c(CCNS(=O)(=O)c2cnc(N3CCC4(CC3)COCCO4)c(F)c2)nc2c(F)cccc21. The molecule has 0 radical (unpaired) electrons. The van der Waals surface area contributed by atoms with Gasteiger partial charge < -0.3 is 18.9 Å². The lowest BCUT2D eigenvalue weighted by Gasteiger charge is -2.43. The quantitative estimate of drug-likeness (QED) is 0.546. The summed E-state index contributed by atoms with van der Waals surface area (Å²) in [6.45, 7) is 2.76. The van der Waals surface area contributed by atoms with Gasteiger partial charge in [-0.1, -0.05) is 6.07 Å². The fourth-order valence-electron chi connectivity index (χ4n) is 4.66. The Morgan fingerprint density at radius 3 is 2.66 bits per heavy atom. The zero-order valence-corrected chi connectivity index (χ0v) is 20.2. The molecule has 2 aliphatic heterocycles. The van der Waals surface area contributed by atoms with E-state index in [1.807, 2.05) is 0 Å². The number of benzene rings is 1. The predicted molar refractivity (Wildman–Crippen MR) is 125 cm³/mol. The molecule has 12 heteroatoms. The van der Waals surface area contributed by atoms with Crippen LogP contribution in [0.2, 0.25) is 0 Å². The number of nitrogens with one attached hydrogen (secondary N) is 1. The van der Waals surface area contributed by atoms with Gasteiger partial charge in [0.05, 0.1) is 30.9 Å². The van der Waals surface area contributed by atoms with Crippen molar-refractivity contribution in [2.75, 3.05) is 44.4 Å². The Kier molecular flexibility index (Phi) is 6.47. The Balaban J connectivity index is 1.22. The number of sulfonamides is 1. The second-order valence-corrected chi connectivity index (χ2v) is 10.7. The lowest BCUT2D eigenvalue weighted by atomic mass is 9.91. The Morgan fingerprint density at radius 2 is 1.97 bits per heavy atom. The van der Waals surface area contributed by atoms with Crippen LogP contribution in [0.1, 0.15) is 18.7 Å². The zero-order chi connectivity index (χ0) is 24.6. The summed E-state index contributed by atoms with van der Waals surface area (Å²) in [4.78, 5) is 9.94. The van der Waals surface area contributed by atoms with Crippen molar-refractivity contribution in [2.24, 2.45) is 7.05 Å². The molecule has 0 unspecified atom stereocenters. The van der Waals surface area contributed by atoms with Crippen LogP contribution in [0, 0.1) is 11.6 Å². The third kappa shape index (κ3) is 4.75. The largest absolute Gasteiger partial charge is 0.376 e. The first kappa shape index (κ1) is 24.0. The van der Waals surface area contributed by atoms with Gasteiger partial charge in [-0.3, -0.25) is 0 Å². The first-order valence-corrected chi connectivity index (χ1v) is 13.0. The van der Waals surface area contributed by atoms with Gasteiger partial charge in [0.2, 0.25) is 10.0 Å². The van der Waals surface area contributed by atoms with Gasteiger partial charge in [-0.25, -0.2) is 31.9 Å². The van der Waals surface area contributed by atoms with Crippen LogP contribution in [-0.4, -0.2) is 68.0 Å². The van der Waals surface area contributed by atoms with Crippen LogP contribution in [-0.2, 0) is 33.0 Å². The maximum Gasteiger partial charge on any atom is 0.242 e. The molecule has 3 aromatic rings. The summed E-state index contributed by atoms with van der Waals surface area (Å²) in [6.07, 6.45) is 2.76. The van der Waals surface area contributed by atoms with E-state index in [9.17, 15) is 17.2 Å². The van der Waals surface area contributed by atoms with Crippen LogP contribution >= 0.6 is 0 Å². The molecule has 188 valence electrons. The number of hydrogen-bond donors (Lipinski definition) is 1. The van der Waals surface area contributed by atoms with Gasteiger partial charge in [-0.2, -0.15) is 0 Å². The zero-order valence-electron chi connectivity index (χ0n) is 19.3. The van der Waals surface area contributed by atoms with Crippen molar-refractivity contribution < 1.29 is 26.7 Å². The number of hydrogen-bond acceptors (Lipinski definition) is 7. The molecule has 0 aliphatic carbocycles. The second-order valence-electron chi connectivity index (χ2n) is 8.89. The molecule has 35 heavy (non-hydrogen) atoms. The number of piperidine rings is 1. The first-order valence-electron chi connectivity index (χ1n) is 11.5. The molecule has 9 nitrogen and oxygen atoms in total. The van der Waals surface area contributed by atoms with E-state index >= 15 is 0 Å². The summed E-state index contributed by atoms with van der Waals surface area (Å²) >= 11 is 0. The third-order valence-electron chi connectivity index (χ3n) is 6.68. The molecule has 2 saturated heterocycles. The molecule has 0 bridgehead atoms. The standard InChI is InChI=1S/C23H27F2N5O4S/c1-29-19-4-2-3-17(24)21(19)28-20(29)5-8-27-35(31,32)16-13-18(25)22(26-14-16)30-9-6-23(7-10-30)15-33-11-12-34-23/h2-4,13-14,27H,5-12,15H2,1H3. The van der Waals surface area contributed by atoms with Crippen molar-refractivity contribution in [3.05, 3.63) is 47.9 Å². The Bertz CT molecular complexity index is 1330. The average molecular weight is 508 g/mol. The fourth-order valence-corrected chi connectivity index (χ4v) is 5.64. The molecule has 2 fully saturated rings. The fraction of sp³-hybridized carbons (Fsp3) is 0.478. The van der Waals surface area contributed by atoms with Crippen molar-refractivity contribution >= 4 is 26.9 Å². The predicted octanol–water partition coefficient (Wildman–Crippen LogP) is 2.15. The van der Waals surface area contributed by atoms with Crippen LogP contribution in [0.25, 0.3) is 11.0 Å². The van der Waals surface area contributed by atoms with Crippen molar-refractivity contribution in [1.29, 1.82) is 0 Å². The number of aromatic nitrogens is 3. The number of anilines is 1. The van der Waals surface area contributed by atoms with Crippen molar-refractivity contribution in [3.63, 3.8) is 0 Å². The molecular weight excluding hydrogens is 480 g/mol.